The molecule has 5 nitrogen and oxygen atoms in total. The molecule has 0 aliphatic carbocycles. The Balaban J connectivity index is 1.66. The van der Waals surface area contributed by atoms with Gasteiger partial charge in [0.05, 0.1) is 28.1 Å². The quantitative estimate of drug-likeness (QED) is 0.701. The fourth-order valence-electron chi connectivity index (χ4n) is 2.98. The fourth-order valence-corrected chi connectivity index (χ4v) is 4.00. The molecule has 2 unspecified atom stereocenters. The van der Waals surface area contributed by atoms with Crippen molar-refractivity contribution in [3.05, 3.63) is 53.2 Å². The number of fused-ring (bicyclic) bond motifs is 2. The Bertz CT molecular complexity index is 977. The molecule has 2 atom stereocenters. The van der Waals surface area contributed by atoms with Crippen molar-refractivity contribution in [3.8, 4) is 0 Å². The number of ketones is 1. The Morgan fingerprint density at radius 2 is 2.08 bits per heavy atom. The molecule has 1 aromatic carbocycles. The third-order valence-corrected chi connectivity index (χ3v) is 5.39. The Morgan fingerprint density at radius 3 is 2.85 bits per heavy atom. The summed E-state index contributed by atoms with van der Waals surface area (Å²) in [6.45, 7) is 0. The van der Waals surface area contributed by atoms with Crippen molar-refractivity contribution in [1.82, 2.24) is 10.3 Å². The molecule has 1 amide bonds. The first-order chi connectivity index (χ1) is 12.3. The SMILES string of the molecule is O=C(Nc1cc2[nH]ccc2cc1C(F)(F)F)C1=CNC2C=CSC2C1=O. The summed E-state index contributed by atoms with van der Waals surface area (Å²) in [5, 5.41) is 6.82. The topological polar surface area (TPSA) is 74.0 Å². The third-order valence-electron chi connectivity index (χ3n) is 4.27. The summed E-state index contributed by atoms with van der Waals surface area (Å²) in [6.07, 6.45) is -0.0690. The Kier molecular flexibility index (Phi) is 3.83. The number of rotatable bonds is 2. The summed E-state index contributed by atoms with van der Waals surface area (Å²) in [7, 11) is 0. The molecular weight excluding hydrogens is 367 g/mol. The highest BCUT2D eigenvalue weighted by atomic mass is 32.2. The van der Waals surface area contributed by atoms with Crippen LogP contribution < -0.4 is 10.6 Å². The summed E-state index contributed by atoms with van der Waals surface area (Å²) < 4.78 is 40.1. The first-order valence-electron chi connectivity index (χ1n) is 7.67. The van der Waals surface area contributed by atoms with Crippen LogP contribution in [0.5, 0.6) is 0 Å². The van der Waals surface area contributed by atoms with Gasteiger partial charge in [-0.05, 0) is 23.6 Å². The first kappa shape index (κ1) is 16.8. The maximum Gasteiger partial charge on any atom is 0.418 e. The average molecular weight is 379 g/mol. The van der Waals surface area contributed by atoms with Gasteiger partial charge in [0.1, 0.15) is 0 Å². The Hall–Kier alpha value is -2.68. The van der Waals surface area contributed by atoms with Gasteiger partial charge in [0.25, 0.3) is 5.91 Å². The van der Waals surface area contributed by atoms with Crippen molar-refractivity contribution in [2.75, 3.05) is 5.32 Å². The van der Waals surface area contributed by atoms with E-state index >= 15 is 0 Å². The second-order valence-electron chi connectivity index (χ2n) is 5.91. The first-order valence-corrected chi connectivity index (χ1v) is 8.61. The van der Waals surface area contributed by atoms with Gasteiger partial charge in [0.2, 0.25) is 0 Å². The van der Waals surface area contributed by atoms with Gasteiger partial charge in [0, 0.05) is 23.3 Å². The Labute approximate surface area is 149 Å². The molecule has 2 aromatic rings. The number of H-pyrrole nitrogens is 1. The van der Waals surface area contributed by atoms with Crippen LogP contribution in [0, 0.1) is 0 Å². The molecule has 3 heterocycles. The number of aromatic nitrogens is 1. The van der Waals surface area contributed by atoms with Crippen LogP contribution in [0.2, 0.25) is 0 Å². The molecule has 26 heavy (non-hydrogen) atoms. The van der Waals surface area contributed by atoms with Crippen LogP contribution in [0.1, 0.15) is 5.56 Å². The minimum atomic E-state index is -4.65. The highest BCUT2D eigenvalue weighted by molar-refractivity contribution is 8.03. The highest BCUT2D eigenvalue weighted by Gasteiger charge is 2.39. The van der Waals surface area contributed by atoms with E-state index in [4.69, 9.17) is 0 Å². The molecule has 2 aliphatic heterocycles. The van der Waals surface area contributed by atoms with Crippen LogP contribution in [0.4, 0.5) is 18.9 Å². The van der Waals surface area contributed by atoms with Crippen molar-refractivity contribution in [2.24, 2.45) is 0 Å². The molecule has 0 radical (unpaired) electrons. The number of benzene rings is 1. The van der Waals surface area contributed by atoms with Gasteiger partial charge in [-0.25, -0.2) is 0 Å². The lowest BCUT2D eigenvalue weighted by molar-refractivity contribution is -0.136. The van der Waals surface area contributed by atoms with Crippen molar-refractivity contribution in [2.45, 2.75) is 17.5 Å². The number of amides is 1. The largest absolute Gasteiger partial charge is 0.418 e. The van der Waals surface area contributed by atoms with Crippen LogP contribution in [-0.2, 0) is 15.8 Å². The summed E-state index contributed by atoms with van der Waals surface area (Å²) in [4.78, 5) is 27.7. The van der Waals surface area contributed by atoms with E-state index in [-0.39, 0.29) is 11.6 Å². The number of aromatic amines is 1. The molecule has 2 aliphatic rings. The predicted octanol–water partition coefficient (Wildman–Crippen LogP) is 3.18. The van der Waals surface area contributed by atoms with Crippen molar-refractivity contribution >= 4 is 40.0 Å². The van der Waals surface area contributed by atoms with Gasteiger partial charge in [-0.3, -0.25) is 9.59 Å². The molecule has 0 spiro atoms. The molecule has 134 valence electrons. The Morgan fingerprint density at radius 1 is 1.27 bits per heavy atom. The molecule has 4 rings (SSSR count). The monoisotopic (exact) mass is 379 g/mol. The van der Waals surface area contributed by atoms with Gasteiger partial charge < -0.3 is 15.6 Å². The standard InChI is InChI=1S/C17H12F3N3O2S/c18-17(19,20)10-5-8-1-3-21-12(8)6-13(10)23-16(25)9-7-22-11-2-4-26-15(11)14(9)24/h1-7,11,15,21-22H,(H,23,25). The maximum atomic E-state index is 13.4. The second-order valence-corrected chi connectivity index (χ2v) is 6.97. The summed E-state index contributed by atoms with van der Waals surface area (Å²) in [5.74, 6) is -1.28. The van der Waals surface area contributed by atoms with Crippen LogP contribution >= 0.6 is 11.8 Å². The summed E-state index contributed by atoms with van der Waals surface area (Å²) in [5.41, 5.74) is -1.11. The zero-order chi connectivity index (χ0) is 18.5. The number of hydrogen-bond donors (Lipinski definition) is 3. The van der Waals surface area contributed by atoms with Crippen LogP contribution in [-0.4, -0.2) is 28.0 Å². The summed E-state index contributed by atoms with van der Waals surface area (Å²) in [6, 6.07) is 3.48. The zero-order valence-electron chi connectivity index (χ0n) is 13.1. The molecule has 0 saturated heterocycles. The van der Waals surface area contributed by atoms with E-state index in [2.05, 4.69) is 15.6 Å². The fraction of sp³-hybridized carbons (Fsp3) is 0.176. The number of hydrogen-bond acceptors (Lipinski definition) is 4. The molecule has 0 fully saturated rings. The van der Waals surface area contributed by atoms with E-state index in [1.807, 2.05) is 0 Å². The second kappa shape index (κ2) is 5.94. The van der Waals surface area contributed by atoms with E-state index in [0.717, 1.165) is 6.07 Å². The number of alkyl halides is 3. The number of Topliss-reactive ketones (excluding diaryl/α,β-unsaturated/α-hetero) is 1. The van der Waals surface area contributed by atoms with Crippen molar-refractivity contribution < 1.29 is 22.8 Å². The third kappa shape index (κ3) is 2.78. The normalized spacial score (nSPS) is 22.1. The molecule has 0 bridgehead atoms. The van der Waals surface area contributed by atoms with Gasteiger partial charge in [-0.2, -0.15) is 13.2 Å². The van der Waals surface area contributed by atoms with E-state index in [1.54, 1.807) is 11.5 Å². The number of carbonyl (C=O) groups excluding carboxylic acids is 2. The van der Waals surface area contributed by atoms with Crippen LogP contribution in [0.3, 0.4) is 0 Å². The predicted molar refractivity (Wildman–Crippen MR) is 92.5 cm³/mol. The average Bonchev–Trinajstić information content (AvgIpc) is 3.21. The lowest BCUT2D eigenvalue weighted by atomic mass is 9.99. The number of nitrogens with one attached hydrogen (secondary N) is 3. The smallest absolute Gasteiger partial charge is 0.382 e. The lowest BCUT2D eigenvalue weighted by Crippen LogP contribution is -2.44. The van der Waals surface area contributed by atoms with E-state index in [9.17, 15) is 22.8 Å². The molecular formula is C17H12F3N3O2S. The minimum Gasteiger partial charge on any atom is -0.382 e. The summed E-state index contributed by atoms with van der Waals surface area (Å²) >= 11 is 1.27. The molecule has 1 aromatic heterocycles. The van der Waals surface area contributed by atoms with E-state index in [1.165, 1.54) is 36.3 Å². The molecule has 9 heteroatoms. The van der Waals surface area contributed by atoms with Gasteiger partial charge in [-0.15, -0.1) is 11.8 Å². The van der Waals surface area contributed by atoms with E-state index in [0.29, 0.717) is 10.9 Å². The highest BCUT2D eigenvalue weighted by Crippen LogP contribution is 2.38. The maximum absolute atomic E-state index is 13.4. The van der Waals surface area contributed by atoms with Crippen LogP contribution in [0.25, 0.3) is 10.9 Å². The van der Waals surface area contributed by atoms with Gasteiger partial charge >= 0.3 is 6.18 Å². The number of halogens is 3. The molecule has 3 N–H and O–H groups in total. The van der Waals surface area contributed by atoms with Gasteiger partial charge in [0.15, 0.2) is 5.78 Å². The number of anilines is 1. The van der Waals surface area contributed by atoms with Crippen molar-refractivity contribution in [1.29, 1.82) is 0 Å². The zero-order valence-corrected chi connectivity index (χ0v) is 13.9. The number of thioether (sulfide) groups is 1. The molecule has 0 saturated carbocycles. The van der Waals surface area contributed by atoms with E-state index < -0.39 is 34.4 Å². The lowest BCUT2D eigenvalue weighted by Gasteiger charge is -2.24. The van der Waals surface area contributed by atoms with Crippen LogP contribution in [0.15, 0.2) is 47.7 Å². The van der Waals surface area contributed by atoms with Gasteiger partial charge in [-0.1, -0.05) is 6.08 Å². The number of carbonyl (C=O) groups is 2. The van der Waals surface area contributed by atoms with Crippen molar-refractivity contribution in [3.63, 3.8) is 0 Å². The minimum absolute atomic E-state index is 0.192.